The van der Waals surface area contributed by atoms with Gasteiger partial charge in [-0.2, -0.15) is 5.26 Å². The van der Waals surface area contributed by atoms with Gasteiger partial charge in [-0.15, -0.1) is 0 Å². The van der Waals surface area contributed by atoms with Crippen LogP contribution >= 0.6 is 0 Å². The van der Waals surface area contributed by atoms with E-state index < -0.39 is 5.97 Å². The maximum Gasteiger partial charge on any atom is 0.350 e. The highest BCUT2D eigenvalue weighted by Gasteiger charge is 2.10. The van der Waals surface area contributed by atoms with Crippen LogP contribution in [0, 0.1) is 39.0 Å². The summed E-state index contributed by atoms with van der Waals surface area (Å²) in [5.74, 6) is -0.610. The van der Waals surface area contributed by atoms with E-state index in [0.29, 0.717) is 0 Å². The van der Waals surface area contributed by atoms with Crippen molar-refractivity contribution in [1.82, 2.24) is 0 Å². The summed E-state index contributed by atoms with van der Waals surface area (Å²) in [5, 5.41) is 12.0. The van der Waals surface area contributed by atoms with Crippen molar-refractivity contribution >= 4 is 11.7 Å². The summed E-state index contributed by atoms with van der Waals surface area (Å²) in [6.07, 6.45) is 1.40. The van der Waals surface area contributed by atoms with Crippen molar-refractivity contribution in [2.45, 2.75) is 34.6 Å². The number of nitrogens with one attached hydrogen (secondary N) is 1. The summed E-state index contributed by atoms with van der Waals surface area (Å²) < 4.78 is 4.81. The molecule has 1 N–H and O–H groups in total. The third kappa shape index (κ3) is 3.39. The quantitative estimate of drug-likeness (QED) is 0.519. The summed E-state index contributed by atoms with van der Waals surface area (Å²) in [5.41, 5.74) is 5.58. The summed E-state index contributed by atoms with van der Waals surface area (Å²) in [4.78, 5) is 11.5. The van der Waals surface area contributed by atoms with E-state index in [1.54, 1.807) is 6.92 Å². The fourth-order valence-corrected chi connectivity index (χ4v) is 1.86. The van der Waals surface area contributed by atoms with Gasteiger partial charge in [0, 0.05) is 11.9 Å². The van der Waals surface area contributed by atoms with Gasteiger partial charge in [-0.25, -0.2) is 4.79 Å². The van der Waals surface area contributed by atoms with Gasteiger partial charge in [0.15, 0.2) is 5.57 Å². The van der Waals surface area contributed by atoms with E-state index in [-0.39, 0.29) is 12.2 Å². The third-order valence-electron chi connectivity index (χ3n) is 3.47. The molecule has 0 atom stereocenters. The summed E-state index contributed by atoms with van der Waals surface area (Å²) in [6, 6.07) is 3.85. The molecular weight excluding hydrogens is 252 g/mol. The number of carbonyl (C=O) groups is 1. The molecule has 0 unspecified atom stereocenters. The Bertz CT molecular complexity index is 595. The first-order chi connectivity index (χ1) is 9.42. The lowest BCUT2D eigenvalue weighted by Crippen LogP contribution is -2.08. The van der Waals surface area contributed by atoms with Gasteiger partial charge in [-0.3, -0.25) is 0 Å². The van der Waals surface area contributed by atoms with E-state index in [0.717, 1.165) is 11.3 Å². The Kier molecular flexibility index (Phi) is 5.33. The molecule has 0 saturated heterocycles. The average Bonchev–Trinajstić information content (AvgIpc) is 2.42. The van der Waals surface area contributed by atoms with Crippen molar-refractivity contribution in [2.75, 3.05) is 11.9 Å². The molecule has 0 heterocycles. The van der Waals surface area contributed by atoms with Gasteiger partial charge >= 0.3 is 5.97 Å². The number of rotatable bonds is 4. The fourth-order valence-electron chi connectivity index (χ4n) is 1.86. The molecule has 106 valence electrons. The first-order valence-electron chi connectivity index (χ1n) is 6.53. The maximum absolute atomic E-state index is 11.5. The molecule has 0 saturated carbocycles. The van der Waals surface area contributed by atoms with Gasteiger partial charge in [0.05, 0.1) is 6.61 Å². The number of hydrogen-bond acceptors (Lipinski definition) is 4. The minimum atomic E-state index is -0.610. The van der Waals surface area contributed by atoms with Gasteiger partial charge < -0.3 is 10.1 Å². The van der Waals surface area contributed by atoms with Crippen LogP contribution in [0.4, 0.5) is 5.69 Å². The van der Waals surface area contributed by atoms with Crippen molar-refractivity contribution in [3.05, 3.63) is 40.1 Å². The lowest BCUT2D eigenvalue weighted by atomic mass is 9.98. The van der Waals surface area contributed by atoms with E-state index in [2.05, 4.69) is 19.2 Å². The van der Waals surface area contributed by atoms with Crippen molar-refractivity contribution in [1.29, 1.82) is 5.26 Å². The Morgan fingerprint density at radius 2 is 1.95 bits per heavy atom. The minimum Gasteiger partial charge on any atom is -0.462 e. The lowest BCUT2D eigenvalue weighted by molar-refractivity contribution is -0.138. The molecule has 1 aromatic rings. The van der Waals surface area contributed by atoms with Crippen molar-refractivity contribution in [2.24, 2.45) is 0 Å². The fraction of sp³-hybridized carbons (Fsp3) is 0.375. The number of carbonyl (C=O) groups excluding carboxylic acids is 1. The standard InChI is InChI=1S/C16H20N2O2/c1-6-20-16(19)14(8-17)9-18-15-7-10(2)11(3)12(4)13(15)5/h7,9,18H,6H2,1-5H3. The number of benzene rings is 1. The molecule has 0 aromatic heterocycles. The van der Waals surface area contributed by atoms with Crippen molar-refractivity contribution in [3.63, 3.8) is 0 Å². The predicted octanol–water partition coefficient (Wildman–Crippen LogP) is 3.30. The molecule has 4 nitrogen and oxygen atoms in total. The molecule has 0 aliphatic rings. The largest absolute Gasteiger partial charge is 0.462 e. The van der Waals surface area contributed by atoms with Crippen LogP contribution in [0.25, 0.3) is 0 Å². The van der Waals surface area contributed by atoms with Crippen LogP contribution < -0.4 is 5.32 Å². The van der Waals surface area contributed by atoms with Crippen LogP contribution in [0.15, 0.2) is 17.8 Å². The summed E-state index contributed by atoms with van der Waals surface area (Å²) >= 11 is 0. The van der Waals surface area contributed by atoms with E-state index >= 15 is 0 Å². The number of aryl methyl sites for hydroxylation is 1. The molecule has 1 rings (SSSR count). The average molecular weight is 272 g/mol. The molecule has 0 aliphatic heterocycles. The summed E-state index contributed by atoms with van der Waals surface area (Å²) in [7, 11) is 0. The number of nitriles is 1. The molecule has 0 bridgehead atoms. The number of esters is 1. The Hall–Kier alpha value is -2.28. The topological polar surface area (TPSA) is 62.1 Å². The van der Waals surface area contributed by atoms with Crippen LogP contribution in [-0.4, -0.2) is 12.6 Å². The number of hydrogen-bond donors (Lipinski definition) is 1. The van der Waals surface area contributed by atoms with Crippen LogP contribution in [0.3, 0.4) is 0 Å². The van der Waals surface area contributed by atoms with E-state index in [4.69, 9.17) is 10.00 Å². The Morgan fingerprint density at radius 3 is 2.50 bits per heavy atom. The van der Waals surface area contributed by atoms with Gasteiger partial charge in [-0.05, 0) is 62.9 Å². The SMILES string of the molecule is CCOC(=O)C(C#N)=CNc1cc(C)c(C)c(C)c1C. The second-order valence-corrected chi connectivity index (χ2v) is 4.65. The Labute approximate surface area is 120 Å². The molecule has 0 radical (unpaired) electrons. The van der Waals surface area contributed by atoms with Crippen molar-refractivity contribution < 1.29 is 9.53 Å². The molecule has 20 heavy (non-hydrogen) atoms. The normalized spacial score (nSPS) is 10.9. The van der Waals surface area contributed by atoms with Gasteiger partial charge in [-0.1, -0.05) is 0 Å². The van der Waals surface area contributed by atoms with Crippen LogP contribution in [-0.2, 0) is 9.53 Å². The Balaban J connectivity index is 3.06. The summed E-state index contributed by atoms with van der Waals surface area (Å²) in [6.45, 7) is 10.1. The van der Waals surface area contributed by atoms with E-state index in [9.17, 15) is 4.79 Å². The number of nitrogens with zero attached hydrogens (tertiary/aromatic N) is 1. The highest BCUT2D eigenvalue weighted by atomic mass is 16.5. The maximum atomic E-state index is 11.5. The highest BCUT2D eigenvalue weighted by molar-refractivity contribution is 5.93. The molecule has 4 heteroatoms. The molecular formula is C16H20N2O2. The zero-order chi connectivity index (χ0) is 15.3. The molecule has 1 aromatic carbocycles. The molecule has 0 fully saturated rings. The van der Waals surface area contributed by atoms with Gasteiger partial charge in [0.2, 0.25) is 0 Å². The highest BCUT2D eigenvalue weighted by Crippen LogP contribution is 2.25. The van der Waals surface area contributed by atoms with Gasteiger partial charge in [0.25, 0.3) is 0 Å². The molecule has 0 amide bonds. The van der Waals surface area contributed by atoms with Crippen molar-refractivity contribution in [3.8, 4) is 6.07 Å². The smallest absolute Gasteiger partial charge is 0.350 e. The van der Waals surface area contributed by atoms with Crippen LogP contribution in [0.2, 0.25) is 0 Å². The number of ether oxygens (including phenoxy) is 1. The zero-order valence-electron chi connectivity index (χ0n) is 12.6. The molecule has 0 spiro atoms. The second-order valence-electron chi connectivity index (χ2n) is 4.65. The number of anilines is 1. The van der Waals surface area contributed by atoms with Crippen LogP contribution in [0.1, 0.15) is 29.2 Å². The zero-order valence-corrected chi connectivity index (χ0v) is 12.6. The first kappa shape index (κ1) is 15.8. The van der Waals surface area contributed by atoms with E-state index in [1.807, 2.05) is 26.0 Å². The van der Waals surface area contributed by atoms with Gasteiger partial charge in [0.1, 0.15) is 6.07 Å². The lowest BCUT2D eigenvalue weighted by Gasteiger charge is -2.14. The van der Waals surface area contributed by atoms with E-state index in [1.165, 1.54) is 22.9 Å². The van der Waals surface area contributed by atoms with Crippen LogP contribution in [0.5, 0.6) is 0 Å². The second kappa shape index (κ2) is 6.76. The third-order valence-corrected chi connectivity index (χ3v) is 3.47. The minimum absolute atomic E-state index is 0.0397. The molecule has 0 aliphatic carbocycles. The predicted molar refractivity (Wildman–Crippen MR) is 79.3 cm³/mol. The monoisotopic (exact) mass is 272 g/mol. The Morgan fingerprint density at radius 1 is 1.30 bits per heavy atom. The first-order valence-corrected chi connectivity index (χ1v) is 6.53.